The average molecular weight is 395 g/mol. The standard InChI is InChI=1S/C19H20F3N3O3/c1-23-15(26)18(16(27)24(2)17(23)28)10-11-9-12(19(20,21)22)6-7-13(11)25-8-4-3-5-14(18)25/h6-7,9,14H,3-5,8,10H2,1-2H3. The van der Waals surface area contributed by atoms with Gasteiger partial charge in [0.2, 0.25) is 11.8 Å². The van der Waals surface area contributed by atoms with Crippen LogP contribution >= 0.6 is 0 Å². The summed E-state index contributed by atoms with van der Waals surface area (Å²) in [5.74, 6) is -1.28. The monoisotopic (exact) mass is 395 g/mol. The van der Waals surface area contributed by atoms with Gasteiger partial charge in [-0.25, -0.2) is 4.79 Å². The molecule has 0 saturated carbocycles. The van der Waals surface area contributed by atoms with Gasteiger partial charge in [0, 0.05) is 26.3 Å². The molecule has 0 radical (unpaired) electrons. The highest BCUT2D eigenvalue weighted by Gasteiger charge is 2.63. The average Bonchev–Trinajstić information content (AvgIpc) is 2.68. The summed E-state index contributed by atoms with van der Waals surface area (Å²) in [6.07, 6.45) is -2.48. The molecule has 1 spiro atoms. The molecule has 6 nitrogen and oxygen atoms in total. The van der Waals surface area contributed by atoms with Crippen LogP contribution in [0.1, 0.15) is 30.4 Å². The van der Waals surface area contributed by atoms with E-state index in [-0.39, 0.29) is 6.42 Å². The summed E-state index contributed by atoms with van der Waals surface area (Å²) in [5, 5.41) is 0. The number of piperidine rings is 1. The van der Waals surface area contributed by atoms with E-state index in [4.69, 9.17) is 0 Å². The van der Waals surface area contributed by atoms with Crippen molar-refractivity contribution in [3.63, 3.8) is 0 Å². The molecule has 0 N–H and O–H groups in total. The SMILES string of the molecule is CN1C(=O)N(C)C(=O)C2(Cc3cc(C(F)(F)F)ccc3N3CCCCC32)C1=O. The second kappa shape index (κ2) is 5.96. The van der Waals surface area contributed by atoms with Gasteiger partial charge in [0.1, 0.15) is 0 Å². The molecule has 3 aliphatic heterocycles. The van der Waals surface area contributed by atoms with Crippen LogP contribution in [0.3, 0.4) is 0 Å². The van der Waals surface area contributed by atoms with Crippen LogP contribution in [0.5, 0.6) is 0 Å². The van der Waals surface area contributed by atoms with Crippen molar-refractivity contribution in [1.82, 2.24) is 9.80 Å². The van der Waals surface area contributed by atoms with E-state index < -0.39 is 41.0 Å². The highest BCUT2D eigenvalue weighted by molar-refractivity contribution is 6.20. The molecule has 1 aromatic rings. The fourth-order valence-electron chi connectivity index (χ4n) is 4.86. The van der Waals surface area contributed by atoms with Crippen LogP contribution < -0.4 is 4.90 Å². The first-order chi connectivity index (χ1) is 13.1. The number of benzene rings is 1. The fraction of sp³-hybridized carbons (Fsp3) is 0.526. The zero-order valence-corrected chi connectivity index (χ0v) is 15.5. The molecule has 2 fully saturated rings. The maximum Gasteiger partial charge on any atom is 0.416 e. The zero-order chi connectivity index (χ0) is 20.4. The van der Waals surface area contributed by atoms with E-state index in [1.54, 1.807) is 0 Å². The molecule has 3 heterocycles. The lowest BCUT2D eigenvalue weighted by molar-refractivity contribution is -0.159. The van der Waals surface area contributed by atoms with Gasteiger partial charge < -0.3 is 4.90 Å². The molecule has 0 bridgehead atoms. The summed E-state index contributed by atoms with van der Waals surface area (Å²) in [7, 11) is 2.62. The first-order valence-electron chi connectivity index (χ1n) is 9.16. The number of nitrogens with zero attached hydrogens (tertiary/aromatic N) is 3. The first-order valence-corrected chi connectivity index (χ1v) is 9.16. The number of rotatable bonds is 0. The minimum absolute atomic E-state index is 0.146. The molecule has 4 amide bonds. The third-order valence-electron chi connectivity index (χ3n) is 6.20. The van der Waals surface area contributed by atoms with Gasteiger partial charge in [0.05, 0.1) is 11.6 Å². The van der Waals surface area contributed by atoms with Gasteiger partial charge in [-0.1, -0.05) is 0 Å². The van der Waals surface area contributed by atoms with Gasteiger partial charge in [0.25, 0.3) is 0 Å². The molecule has 3 aliphatic rings. The van der Waals surface area contributed by atoms with Crippen molar-refractivity contribution in [3.05, 3.63) is 29.3 Å². The summed E-state index contributed by atoms with van der Waals surface area (Å²) >= 11 is 0. The van der Waals surface area contributed by atoms with E-state index in [1.807, 2.05) is 4.90 Å². The first kappa shape index (κ1) is 18.8. The zero-order valence-electron chi connectivity index (χ0n) is 15.5. The Morgan fingerprint density at radius 1 is 1.04 bits per heavy atom. The van der Waals surface area contributed by atoms with Gasteiger partial charge in [-0.05, 0) is 49.4 Å². The molecule has 1 aromatic carbocycles. The van der Waals surface area contributed by atoms with E-state index >= 15 is 0 Å². The summed E-state index contributed by atoms with van der Waals surface area (Å²) < 4.78 is 39.7. The molecule has 0 aromatic heterocycles. The van der Waals surface area contributed by atoms with Crippen LogP contribution in [0.4, 0.5) is 23.7 Å². The number of alkyl halides is 3. The van der Waals surface area contributed by atoms with Crippen LogP contribution in [-0.4, -0.2) is 54.3 Å². The molecule has 0 aliphatic carbocycles. The number of hydrogen-bond acceptors (Lipinski definition) is 4. The highest BCUT2D eigenvalue weighted by Crippen LogP contribution is 2.49. The Kier molecular flexibility index (Phi) is 3.99. The third kappa shape index (κ3) is 2.37. The van der Waals surface area contributed by atoms with Crippen molar-refractivity contribution in [2.75, 3.05) is 25.5 Å². The van der Waals surface area contributed by atoms with Crippen LogP contribution in [-0.2, 0) is 22.2 Å². The lowest BCUT2D eigenvalue weighted by Crippen LogP contribution is -2.72. The predicted octanol–water partition coefficient (Wildman–Crippen LogP) is 2.66. The highest BCUT2D eigenvalue weighted by atomic mass is 19.4. The van der Waals surface area contributed by atoms with Crippen LogP contribution in [0.15, 0.2) is 18.2 Å². The van der Waals surface area contributed by atoms with Crippen molar-refractivity contribution in [3.8, 4) is 0 Å². The molecule has 150 valence electrons. The van der Waals surface area contributed by atoms with E-state index in [1.165, 1.54) is 20.2 Å². The molecule has 1 atom stereocenters. The minimum atomic E-state index is -4.52. The second-order valence-corrected chi connectivity index (χ2v) is 7.71. The Balaban J connectivity index is 1.91. The summed E-state index contributed by atoms with van der Waals surface area (Å²) in [6, 6.07) is 2.29. The van der Waals surface area contributed by atoms with Gasteiger partial charge in [-0.2, -0.15) is 13.2 Å². The Hall–Kier alpha value is -2.58. The van der Waals surface area contributed by atoms with Crippen LogP contribution in [0, 0.1) is 5.41 Å². The second-order valence-electron chi connectivity index (χ2n) is 7.71. The number of urea groups is 1. The van der Waals surface area contributed by atoms with E-state index in [0.29, 0.717) is 24.2 Å². The van der Waals surface area contributed by atoms with E-state index in [0.717, 1.165) is 34.8 Å². The maximum absolute atomic E-state index is 13.2. The van der Waals surface area contributed by atoms with E-state index in [2.05, 4.69) is 0 Å². The largest absolute Gasteiger partial charge is 0.416 e. The van der Waals surface area contributed by atoms with Crippen molar-refractivity contribution < 1.29 is 27.6 Å². The number of barbiturate groups is 1. The quantitative estimate of drug-likeness (QED) is 0.634. The molecular weight excluding hydrogens is 375 g/mol. The summed E-state index contributed by atoms with van der Waals surface area (Å²) in [4.78, 5) is 42.4. The number of carbonyl (C=O) groups is 3. The number of halogens is 3. The normalized spacial score (nSPS) is 24.5. The van der Waals surface area contributed by atoms with Crippen molar-refractivity contribution >= 4 is 23.5 Å². The lowest BCUT2D eigenvalue weighted by atomic mass is 9.65. The van der Waals surface area contributed by atoms with Crippen molar-refractivity contribution in [1.29, 1.82) is 0 Å². The minimum Gasteiger partial charge on any atom is -0.367 e. The van der Waals surface area contributed by atoms with Gasteiger partial charge in [0.15, 0.2) is 5.41 Å². The van der Waals surface area contributed by atoms with E-state index in [9.17, 15) is 27.6 Å². The number of hydrogen-bond donors (Lipinski definition) is 0. The third-order valence-corrected chi connectivity index (χ3v) is 6.20. The van der Waals surface area contributed by atoms with Gasteiger partial charge in [-0.3, -0.25) is 19.4 Å². The number of imide groups is 2. The molecule has 1 unspecified atom stereocenters. The van der Waals surface area contributed by atoms with Crippen LogP contribution in [0.2, 0.25) is 0 Å². The molecule has 9 heteroatoms. The van der Waals surface area contributed by atoms with Crippen molar-refractivity contribution in [2.45, 2.75) is 37.9 Å². The fourth-order valence-corrected chi connectivity index (χ4v) is 4.86. The Bertz CT molecular complexity index is 859. The summed E-state index contributed by atoms with van der Waals surface area (Å²) in [6.45, 7) is 0.548. The summed E-state index contributed by atoms with van der Waals surface area (Å²) in [5.41, 5.74) is -1.46. The predicted molar refractivity (Wildman–Crippen MR) is 93.5 cm³/mol. The Morgan fingerprint density at radius 2 is 1.68 bits per heavy atom. The van der Waals surface area contributed by atoms with Gasteiger partial charge in [-0.15, -0.1) is 0 Å². The number of amides is 4. The Morgan fingerprint density at radius 3 is 2.29 bits per heavy atom. The van der Waals surface area contributed by atoms with Gasteiger partial charge >= 0.3 is 12.2 Å². The molecule has 28 heavy (non-hydrogen) atoms. The maximum atomic E-state index is 13.2. The number of carbonyl (C=O) groups excluding carboxylic acids is 3. The number of fused-ring (bicyclic) bond motifs is 4. The van der Waals surface area contributed by atoms with Crippen LogP contribution in [0.25, 0.3) is 0 Å². The smallest absolute Gasteiger partial charge is 0.367 e. The van der Waals surface area contributed by atoms with Crippen molar-refractivity contribution in [2.24, 2.45) is 5.41 Å². The topological polar surface area (TPSA) is 60.9 Å². The Labute approximate surface area is 159 Å². The molecular formula is C19H20F3N3O3. The molecule has 2 saturated heterocycles. The number of anilines is 1. The molecule has 4 rings (SSSR count). The lowest BCUT2D eigenvalue weighted by Gasteiger charge is -2.54.